The third-order valence-electron chi connectivity index (χ3n) is 3.26. The van der Waals surface area contributed by atoms with E-state index in [1.54, 1.807) is 62.6 Å². The number of nitrogens with one attached hydrogen (secondary N) is 2. The van der Waals surface area contributed by atoms with Gasteiger partial charge in [-0.2, -0.15) is 0 Å². The van der Waals surface area contributed by atoms with Gasteiger partial charge in [0, 0.05) is 25.3 Å². The predicted molar refractivity (Wildman–Crippen MR) is 88.2 cm³/mol. The van der Waals surface area contributed by atoms with E-state index in [4.69, 9.17) is 0 Å². The Morgan fingerprint density at radius 1 is 1.09 bits per heavy atom. The fourth-order valence-corrected chi connectivity index (χ4v) is 2.03. The van der Waals surface area contributed by atoms with Gasteiger partial charge in [0.15, 0.2) is 11.7 Å². The predicted octanol–water partition coefficient (Wildman–Crippen LogP) is 2.22. The number of rotatable bonds is 4. The first-order valence-electron chi connectivity index (χ1n) is 6.94. The third kappa shape index (κ3) is 3.71. The molecule has 0 aliphatic rings. The molecule has 0 amide bonds. The molecular formula is C17H19N3O2. The van der Waals surface area contributed by atoms with Crippen molar-refractivity contribution in [3.63, 3.8) is 0 Å². The van der Waals surface area contributed by atoms with Crippen LogP contribution in [0.25, 0.3) is 0 Å². The van der Waals surface area contributed by atoms with Crippen LogP contribution in [0, 0.1) is 0 Å². The summed E-state index contributed by atoms with van der Waals surface area (Å²) in [6.07, 6.45) is -1.17. The number of nitrogens with zero attached hydrogens (tertiary/aromatic N) is 1. The summed E-state index contributed by atoms with van der Waals surface area (Å²) < 4.78 is 0. The van der Waals surface area contributed by atoms with Gasteiger partial charge in [0.2, 0.25) is 0 Å². The summed E-state index contributed by atoms with van der Waals surface area (Å²) in [7, 11) is 3.45. The van der Waals surface area contributed by atoms with Gasteiger partial charge in [0.1, 0.15) is 6.10 Å². The van der Waals surface area contributed by atoms with Gasteiger partial charge in [-0.1, -0.05) is 42.5 Å². The normalized spacial score (nSPS) is 12.6. The average molecular weight is 297 g/mol. The Morgan fingerprint density at radius 2 is 1.73 bits per heavy atom. The van der Waals surface area contributed by atoms with Gasteiger partial charge in [-0.3, -0.25) is 9.79 Å². The lowest BCUT2D eigenvalue weighted by atomic mass is 10.00. The molecule has 0 spiro atoms. The zero-order valence-electron chi connectivity index (χ0n) is 12.6. The zero-order valence-corrected chi connectivity index (χ0v) is 12.6. The van der Waals surface area contributed by atoms with Gasteiger partial charge in [-0.05, 0) is 17.7 Å². The molecular weight excluding hydrogens is 278 g/mol. The van der Waals surface area contributed by atoms with Gasteiger partial charge >= 0.3 is 0 Å². The maximum absolute atomic E-state index is 12.2. The van der Waals surface area contributed by atoms with Gasteiger partial charge < -0.3 is 15.7 Å². The van der Waals surface area contributed by atoms with Crippen LogP contribution in [-0.2, 0) is 0 Å². The van der Waals surface area contributed by atoms with Crippen molar-refractivity contribution >= 4 is 17.4 Å². The SMILES string of the molecule is CN=C(NC)Nc1ccc(C(O)C(=O)c2ccccc2)cc1. The molecule has 5 heteroatoms. The molecule has 0 saturated heterocycles. The number of hydrogen-bond donors (Lipinski definition) is 3. The fourth-order valence-electron chi connectivity index (χ4n) is 2.03. The van der Waals surface area contributed by atoms with Gasteiger partial charge in [-0.15, -0.1) is 0 Å². The first kappa shape index (κ1) is 15.7. The van der Waals surface area contributed by atoms with Crippen molar-refractivity contribution in [3.8, 4) is 0 Å². The smallest absolute Gasteiger partial charge is 0.195 e. The van der Waals surface area contributed by atoms with E-state index < -0.39 is 6.10 Å². The molecule has 0 heterocycles. The number of Topliss-reactive ketones (excluding diaryl/α,β-unsaturated/α-hetero) is 1. The Hall–Kier alpha value is -2.66. The molecule has 1 unspecified atom stereocenters. The van der Waals surface area contributed by atoms with Crippen LogP contribution in [0.4, 0.5) is 5.69 Å². The van der Waals surface area contributed by atoms with Crippen LogP contribution < -0.4 is 10.6 Å². The van der Waals surface area contributed by atoms with Crippen molar-refractivity contribution < 1.29 is 9.90 Å². The Balaban J connectivity index is 2.11. The lowest BCUT2D eigenvalue weighted by molar-refractivity contribution is 0.0747. The number of anilines is 1. The summed E-state index contributed by atoms with van der Waals surface area (Å²) >= 11 is 0. The Labute approximate surface area is 129 Å². The molecule has 22 heavy (non-hydrogen) atoms. The number of aliphatic hydroxyl groups excluding tert-OH is 1. The second-order valence-electron chi connectivity index (χ2n) is 4.70. The molecule has 5 nitrogen and oxygen atoms in total. The van der Waals surface area contributed by atoms with Gasteiger partial charge in [-0.25, -0.2) is 0 Å². The first-order chi connectivity index (χ1) is 10.7. The summed E-state index contributed by atoms with van der Waals surface area (Å²) in [5.74, 6) is 0.320. The van der Waals surface area contributed by atoms with Crippen LogP contribution in [0.15, 0.2) is 59.6 Å². The lowest BCUT2D eigenvalue weighted by Gasteiger charge is -2.12. The second kappa shape index (κ2) is 7.38. The highest BCUT2D eigenvalue weighted by Gasteiger charge is 2.18. The maximum atomic E-state index is 12.2. The minimum Gasteiger partial charge on any atom is -0.380 e. The molecule has 0 saturated carbocycles. The van der Waals surface area contributed by atoms with Crippen LogP contribution in [0.2, 0.25) is 0 Å². The van der Waals surface area contributed by atoms with Crippen molar-refractivity contribution in [3.05, 3.63) is 65.7 Å². The number of ketones is 1. The van der Waals surface area contributed by atoms with E-state index >= 15 is 0 Å². The molecule has 0 aliphatic heterocycles. The number of carbonyl (C=O) groups is 1. The Morgan fingerprint density at radius 3 is 2.27 bits per heavy atom. The highest BCUT2D eigenvalue weighted by molar-refractivity contribution is 6.00. The minimum atomic E-state index is -1.17. The molecule has 2 aromatic carbocycles. The Bertz CT molecular complexity index is 651. The fraction of sp³-hybridized carbons (Fsp3) is 0.176. The standard InChI is InChI=1S/C17H19N3O2/c1-18-17(19-2)20-14-10-8-13(9-11-14)16(22)15(21)12-6-4-3-5-7-12/h3-11,16,22H,1-2H3,(H2,18,19,20). The number of benzene rings is 2. The minimum absolute atomic E-state index is 0.313. The summed E-state index contributed by atoms with van der Waals surface area (Å²) in [4.78, 5) is 16.2. The zero-order chi connectivity index (χ0) is 15.9. The van der Waals surface area contributed by atoms with Crippen molar-refractivity contribution in [2.45, 2.75) is 6.10 Å². The average Bonchev–Trinajstić information content (AvgIpc) is 2.59. The number of aliphatic imine (C=N–C) groups is 1. The van der Waals surface area contributed by atoms with E-state index in [0.29, 0.717) is 17.1 Å². The molecule has 0 aromatic heterocycles. The van der Waals surface area contributed by atoms with E-state index in [9.17, 15) is 9.90 Å². The molecule has 2 rings (SSSR count). The molecule has 3 N–H and O–H groups in total. The van der Waals surface area contributed by atoms with Crippen molar-refractivity contribution in [2.75, 3.05) is 19.4 Å². The van der Waals surface area contributed by atoms with Crippen molar-refractivity contribution in [1.29, 1.82) is 0 Å². The largest absolute Gasteiger partial charge is 0.380 e. The summed E-state index contributed by atoms with van der Waals surface area (Å²) in [6, 6.07) is 15.8. The molecule has 0 bridgehead atoms. The molecule has 114 valence electrons. The van der Waals surface area contributed by atoms with Crippen LogP contribution in [0.1, 0.15) is 22.0 Å². The van der Waals surface area contributed by atoms with Crippen molar-refractivity contribution in [1.82, 2.24) is 5.32 Å². The van der Waals surface area contributed by atoms with E-state index in [1.807, 2.05) is 6.07 Å². The number of carbonyl (C=O) groups excluding carboxylic acids is 1. The summed E-state index contributed by atoms with van der Waals surface area (Å²) in [5, 5.41) is 16.2. The highest BCUT2D eigenvalue weighted by Crippen LogP contribution is 2.20. The van der Waals surface area contributed by atoms with E-state index in [0.717, 1.165) is 5.69 Å². The molecule has 0 aliphatic carbocycles. The third-order valence-corrected chi connectivity index (χ3v) is 3.26. The molecule has 2 aromatic rings. The number of aliphatic hydroxyl groups is 1. The van der Waals surface area contributed by atoms with Crippen molar-refractivity contribution in [2.24, 2.45) is 4.99 Å². The maximum Gasteiger partial charge on any atom is 0.195 e. The van der Waals surface area contributed by atoms with Crippen LogP contribution >= 0.6 is 0 Å². The summed E-state index contributed by atoms with van der Waals surface area (Å²) in [5.41, 5.74) is 1.87. The summed E-state index contributed by atoms with van der Waals surface area (Å²) in [6.45, 7) is 0. The number of hydrogen-bond acceptors (Lipinski definition) is 3. The lowest BCUT2D eigenvalue weighted by Crippen LogP contribution is -2.26. The molecule has 1 atom stereocenters. The van der Waals surface area contributed by atoms with Crippen LogP contribution in [0.3, 0.4) is 0 Å². The highest BCUT2D eigenvalue weighted by atomic mass is 16.3. The van der Waals surface area contributed by atoms with Gasteiger partial charge in [0.05, 0.1) is 0 Å². The molecule has 0 radical (unpaired) electrons. The monoisotopic (exact) mass is 297 g/mol. The second-order valence-corrected chi connectivity index (χ2v) is 4.70. The number of guanidine groups is 1. The topological polar surface area (TPSA) is 73.7 Å². The quantitative estimate of drug-likeness (QED) is 0.459. The van der Waals surface area contributed by atoms with Gasteiger partial charge in [0.25, 0.3) is 0 Å². The molecule has 0 fully saturated rings. The Kier molecular flexibility index (Phi) is 5.27. The van der Waals surface area contributed by atoms with Crippen LogP contribution in [0.5, 0.6) is 0 Å². The van der Waals surface area contributed by atoms with E-state index in [2.05, 4.69) is 15.6 Å². The van der Waals surface area contributed by atoms with E-state index in [-0.39, 0.29) is 5.78 Å². The van der Waals surface area contributed by atoms with E-state index in [1.165, 1.54) is 0 Å². The van der Waals surface area contributed by atoms with Crippen LogP contribution in [-0.4, -0.2) is 30.9 Å². The first-order valence-corrected chi connectivity index (χ1v) is 6.94.